The summed E-state index contributed by atoms with van der Waals surface area (Å²) in [6.45, 7) is 0.685. The van der Waals surface area contributed by atoms with Gasteiger partial charge in [-0.25, -0.2) is 0 Å². The summed E-state index contributed by atoms with van der Waals surface area (Å²) < 4.78 is 5.80. The molecular weight excluding hydrogens is 242 g/mol. The Morgan fingerprint density at radius 2 is 1.89 bits per heavy atom. The summed E-state index contributed by atoms with van der Waals surface area (Å²) in [5.41, 5.74) is 0. The Labute approximate surface area is 112 Å². The van der Waals surface area contributed by atoms with Crippen molar-refractivity contribution in [2.24, 2.45) is 0 Å². The number of ether oxygens (including phenoxy) is 1. The standard InChI is InChI=1S/C15H15NOS/c16-9-4-11-18-12-10-17-15-8-3-6-13-5-1-2-7-14(13)15/h1-3,5-8H,4,10-12H2. The average molecular weight is 257 g/mol. The lowest BCUT2D eigenvalue weighted by Gasteiger charge is -2.08. The zero-order valence-electron chi connectivity index (χ0n) is 10.1. The molecule has 2 nitrogen and oxygen atoms in total. The fraction of sp³-hybridized carbons (Fsp3) is 0.267. The van der Waals surface area contributed by atoms with Crippen molar-refractivity contribution in [1.82, 2.24) is 0 Å². The molecule has 0 aliphatic carbocycles. The van der Waals surface area contributed by atoms with Crippen molar-refractivity contribution < 1.29 is 4.74 Å². The Morgan fingerprint density at radius 3 is 2.78 bits per heavy atom. The first kappa shape index (κ1) is 12.8. The molecule has 0 atom stereocenters. The predicted molar refractivity (Wildman–Crippen MR) is 77.0 cm³/mol. The number of thioether (sulfide) groups is 1. The second-order valence-electron chi connectivity index (χ2n) is 3.85. The Kier molecular flexibility index (Phi) is 4.92. The van der Waals surface area contributed by atoms with Crippen LogP contribution in [0.15, 0.2) is 42.5 Å². The molecule has 0 amide bonds. The van der Waals surface area contributed by atoms with Crippen LogP contribution < -0.4 is 4.74 Å². The molecule has 0 heterocycles. The first-order valence-electron chi connectivity index (χ1n) is 5.97. The largest absolute Gasteiger partial charge is 0.492 e. The second-order valence-corrected chi connectivity index (χ2v) is 5.07. The number of benzene rings is 2. The van der Waals surface area contributed by atoms with Gasteiger partial charge in [-0.2, -0.15) is 17.0 Å². The average Bonchev–Trinajstić information content (AvgIpc) is 2.43. The molecule has 0 aliphatic rings. The van der Waals surface area contributed by atoms with Crippen LogP contribution in [0, 0.1) is 11.3 Å². The lowest BCUT2D eigenvalue weighted by Crippen LogP contribution is -2.01. The SMILES string of the molecule is N#CCCSCCOc1cccc2ccccc12. The van der Waals surface area contributed by atoms with Crippen LogP contribution in [0.2, 0.25) is 0 Å². The number of hydrogen-bond acceptors (Lipinski definition) is 3. The molecule has 0 unspecified atom stereocenters. The van der Waals surface area contributed by atoms with Crippen molar-refractivity contribution in [2.75, 3.05) is 18.1 Å². The highest BCUT2D eigenvalue weighted by molar-refractivity contribution is 7.99. The normalized spacial score (nSPS) is 10.2. The minimum absolute atomic E-state index is 0.610. The van der Waals surface area contributed by atoms with Crippen molar-refractivity contribution in [3.63, 3.8) is 0 Å². The fourth-order valence-electron chi connectivity index (χ4n) is 1.75. The van der Waals surface area contributed by atoms with Crippen LogP contribution in [0.3, 0.4) is 0 Å². The van der Waals surface area contributed by atoms with Gasteiger partial charge in [-0.1, -0.05) is 36.4 Å². The van der Waals surface area contributed by atoms with E-state index in [4.69, 9.17) is 10.00 Å². The van der Waals surface area contributed by atoms with E-state index in [0.717, 1.165) is 22.6 Å². The monoisotopic (exact) mass is 257 g/mol. The van der Waals surface area contributed by atoms with Crippen LogP contribution in [-0.2, 0) is 0 Å². The maximum atomic E-state index is 8.42. The maximum Gasteiger partial charge on any atom is 0.127 e. The summed E-state index contributed by atoms with van der Waals surface area (Å²) in [7, 11) is 0. The molecule has 3 heteroatoms. The van der Waals surface area contributed by atoms with E-state index >= 15 is 0 Å². The van der Waals surface area contributed by atoms with Crippen molar-refractivity contribution in [1.29, 1.82) is 5.26 Å². The molecule has 18 heavy (non-hydrogen) atoms. The Bertz CT molecular complexity index is 542. The van der Waals surface area contributed by atoms with Gasteiger partial charge in [0.05, 0.1) is 12.7 Å². The molecule has 0 saturated carbocycles. The Balaban J connectivity index is 1.90. The number of hydrogen-bond donors (Lipinski definition) is 0. The fourth-order valence-corrected chi connectivity index (χ4v) is 2.39. The number of rotatable bonds is 6. The molecule has 0 radical (unpaired) electrons. The zero-order chi connectivity index (χ0) is 12.6. The summed E-state index contributed by atoms with van der Waals surface area (Å²) >= 11 is 1.75. The van der Waals surface area contributed by atoms with Gasteiger partial charge in [-0.15, -0.1) is 0 Å². The van der Waals surface area contributed by atoms with Gasteiger partial charge in [0, 0.05) is 23.3 Å². The van der Waals surface area contributed by atoms with Crippen LogP contribution >= 0.6 is 11.8 Å². The summed E-state index contributed by atoms with van der Waals surface area (Å²) in [5.74, 6) is 2.74. The molecule has 2 aromatic carbocycles. The quantitative estimate of drug-likeness (QED) is 0.737. The third-order valence-electron chi connectivity index (χ3n) is 2.59. The van der Waals surface area contributed by atoms with Crippen molar-refractivity contribution in [2.45, 2.75) is 6.42 Å². The van der Waals surface area contributed by atoms with Crippen LogP contribution in [0.1, 0.15) is 6.42 Å². The molecule has 2 rings (SSSR count). The molecule has 0 bridgehead atoms. The topological polar surface area (TPSA) is 33.0 Å². The van der Waals surface area contributed by atoms with Crippen molar-refractivity contribution >= 4 is 22.5 Å². The molecular formula is C15H15NOS. The van der Waals surface area contributed by atoms with Gasteiger partial charge in [-0.05, 0) is 11.5 Å². The summed E-state index contributed by atoms with van der Waals surface area (Å²) in [6, 6.07) is 16.5. The van der Waals surface area contributed by atoms with E-state index < -0.39 is 0 Å². The second kappa shape index (κ2) is 6.93. The molecule has 0 spiro atoms. The highest BCUT2D eigenvalue weighted by Crippen LogP contribution is 2.25. The van der Waals surface area contributed by atoms with Crippen LogP contribution in [0.25, 0.3) is 10.8 Å². The van der Waals surface area contributed by atoms with Crippen LogP contribution in [-0.4, -0.2) is 18.1 Å². The van der Waals surface area contributed by atoms with E-state index in [9.17, 15) is 0 Å². The number of nitriles is 1. The first-order chi connectivity index (χ1) is 8.92. The van der Waals surface area contributed by atoms with Crippen LogP contribution in [0.4, 0.5) is 0 Å². The molecule has 0 N–H and O–H groups in total. The van der Waals surface area contributed by atoms with Gasteiger partial charge in [0.25, 0.3) is 0 Å². The van der Waals surface area contributed by atoms with E-state index in [1.807, 2.05) is 24.3 Å². The van der Waals surface area contributed by atoms with Crippen molar-refractivity contribution in [3.8, 4) is 11.8 Å². The van der Waals surface area contributed by atoms with E-state index in [0.29, 0.717) is 13.0 Å². The molecule has 0 aliphatic heterocycles. The summed E-state index contributed by atoms with van der Waals surface area (Å²) in [6.07, 6.45) is 0.610. The minimum Gasteiger partial charge on any atom is -0.492 e. The third kappa shape index (κ3) is 3.41. The van der Waals surface area contributed by atoms with Crippen molar-refractivity contribution in [3.05, 3.63) is 42.5 Å². The highest BCUT2D eigenvalue weighted by Gasteiger charge is 2.00. The smallest absolute Gasteiger partial charge is 0.127 e. The van der Waals surface area contributed by atoms with Gasteiger partial charge >= 0.3 is 0 Å². The maximum absolute atomic E-state index is 8.42. The first-order valence-corrected chi connectivity index (χ1v) is 7.12. The zero-order valence-corrected chi connectivity index (χ0v) is 11.0. The van der Waals surface area contributed by atoms with Gasteiger partial charge in [-0.3, -0.25) is 0 Å². The highest BCUT2D eigenvalue weighted by atomic mass is 32.2. The van der Waals surface area contributed by atoms with Gasteiger partial charge in [0.15, 0.2) is 0 Å². The lowest BCUT2D eigenvalue weighted by atomic mass is 10.1. The molecule has 2 aromatic rings. The predicted octanol–water partition coefficient (Wildman–Crippen LogP) is 3.87. The molecule has 92 valence electrons. The van der Waals surface area contributed by atoms with Gasteiger partial charge in [0.2, 0.25) is 0 Å². The van der Waals surface area contributed by atoms with E-state index in [-0.39, 0.29) is 0 Å². The van der Waals surface area contributed by atoms with Gasteiger partial charge < -0.3 is 4.74 Å². The minimum atomic E-state index is 0.610. The van der Waals surface area contributed by atoms with E-state index in [2.05, 4.69) is 24.3 Å². The van der Waals surface area contributed by atoms with E-state index in [1.54, 1.807) is 11.8 Å². The Morgan fingerprint density at radius 1 is 1.06 bits per heavy atom. The third-order valence-corrected chi connectivity index (χ3v) is 3.54. The summed E-state index contributed by atoms with van der Waals surface area (Å²) in [5, 5.41) is 10.8. The van der Waals surface area contributed by atoms with E-state index in [1.165, 1.54) is 5.39 Å². The Hall–Kier alpha value is -1.66. The summed E-state index contributed by atoms with van der Waals surface area (Å²) in [4.78, 5) is 0. The van der Waals surface area contributed by atoms with Gasteiger partial charge in [0.1, 0.15) is 5.75 Å². The molecule has 0 fully saturated rings. The number of nitrogens with zero attached hydrogens (tertiary/aromatic N) is 1. The van der Waals surface area contributed by atoms with Crippen LogP contribution in [0.5, 0.6) is 5.75 Å². The number of fused-ring (bicyclic) bond motifs is 1. The molecule has 0 aromatic heterocycles. The molecule has 0 saturated heterocycles. The lowest BCUT2D eigenvalue weighted by molar-refractivity contribution is 0.348.